The maximum atomic E-state index is 12.2. The molecule has 0 aliphatic heterocycles. The number of nitrogens with zero attached hydrogens (tertiary/aromatic N) is 1. The minimum Gasteiger partial charge on any atom is -0.508 e. The van der Waals surface area contributed by atoms with E-state index in [0.717, 1.165) is 10.5 Å². The third-order valence-corrected chi connectivity index (χ3v) is 5.14. The van der Waals surface area contributed by atoms with Crippen molar-refractivity contribution in [1.82, 2.24) is 5.43 Å². The third kappa shape index (κ3) is 5.66. The standard InChI is InChI=1S/C21H15BrCl2N2O4/c22-14-4-5-20(30-11-17-18(23)2-1-3-19(17)24)13(6-14)10-25-26-21(29)12-7-15(27)9-16(28)8-12/h1-10,27-28H,11H2,(H,26,29). The zero-order valence-corrected chi connectivity index (χ0v) is 18.4. The number of halogens is 3. The smallest absolute Gasteiger partial charge is 0.271 e. The summed E-state index contributed by atoms with van der Waals surface area (Å²) in [5.41, 5.74) is 3.64. The van der Waals surface area contributed by atoms with Gasteiger partial charge < -0.3 is 14.9 Å². The first-order valence-electron chi connectivity index (χ1n) is 8.55. The van der Waals surface area contributed by atoms with Crippen molar-refractivity contribution >= 4 is 51.3 Å². The van der Waals surface area contributed by atoms with Crippen molar-refractivity contribution < 1.29 is 19.7 Å². The maximum Gasteiger partial charge on any atom is 0.271 e. The molecule has 0 aliphatic carbocycles. The molecule has 3 aromatic carbocycles. The number of carbonyl (C=O) groups is 1. The lowest BCUT2D eigenvalue weighted by Gasteiger charge is -2.12. The fourth-order valence-corrected chi connectivity index (χ4v) is 3.41. The van der Waals surface area contributed by atoms with E-state index in [9.17, 15) is 15.0 Å². The molecule has 9 heteroatoms. The number of carbonyl (C=O) groups excluding carboxylic acids is 1. The molecule has 0 saturated carbocycles. The molecule has 0 unspecified atom stereocenters. The Kier molecular flexibility index (Phi) is 7.20. The van der Waals surface area contributed by atoms with Crippen molar-refractivity contribution in [1.29, 1.82) is 0 Å². The van der Waals surface area contributed by atoms with Gasteiger partial charge in [-0.3, -0.25) is 4.79 Å². The molecular formula is C21H15BrCl2N2O4. The van der Waals surface area contributed by atoms with E-state index >= 15 is 0 Å². The van der Waals surface area contributed by atoms with E-state index in [0.29, 0.717) is 26.9 Å². The highest BCUT2D eigenvalue weighted by atomic mass is 79.9. The summed E-state index contributed by atoms with van der Waals surface area (Å²) >= 11 is 15.7. The molecule has 0 bridgehead atoms. The second-order valence-corrected chi connectivity index (χ2v) is 7.84. The van der Waals surface area contributed by atoms with Crippen molar-refractivity contribution in [2.24, 2.45) is 5.10 Å². The van der Waals surface area contributed by atoms with Gasteiger partial charge in [0.1, 0.15) is 23.9 Å². The summed E-state index contributed by atoms with van der Waals surface area (Å²) in [5, 5.41) is 23.9. The van der Waals surface area contributed by atoms with Crippen LogP contribution in [0.5, 0.6) is 17.2 Å². The number of nitrogens with one attached hydrogen (secondary N) is 1. The lowest BCUT2D eigenvalue weighted by atomic mass is 10.2. The zero-order valence-electron chi connectivity index (χ0n) is 15.3. The van der Waals surface area contributed by atoms with Crippen LogP contribution >= 0.6 is 39.1 Å². The van der Waals surface area contributed by atoms with Gasteiger partial charge in [0.2, 0.25) is 0 Å². The van der Waals surface area contributed by atoms with Gasteiger partial charge in [-0.15, -0.1) is 0 Å². The molecule has 3 rings (SSSR count). The Balaban J connectivity index is 1.74. The highest BCUT2D eigenvalue weighted by Crippen LogP contribution is 2.28. The molecule has 1 amide bonds. The summed E-state index contributed by atoms with van der Waals surface area (Å²) in [4.78, 5) is 12.2. The monoisotopic (exact) mass is 508 g/mol. The van der Waals surface area contributed by atoms with Crippen LogP contribution < -0.4 is 10.2 Å². The predicted molar refractivity (Wildman–Crippen MR) is 120 cm³/mol. The van der Waals surface area contributed by atoms with Crippen LogP contribution in [0.4, 0.5) is 0 Å². The van der Waals surface area contributed by atoms with Gasteiger partial charge in [0, 0.05) is 37.3 Å². The van der Waals surface area contributed by atoms with Crippen molar-refractivity contribution in [3.05, 3.63) is 85.8 Å². The fourth-order valence-electron chi connectivity index (χ4n) is 2.52. The van der Waals surface area contributed by atoms with Gasteiger partial charge in [0.15, 0.2) is 0 Å². The number of ether oxygens (including phenoxy) is 1. The number of hydrazone groups is 1. The lowest BCUT2D eigenvalue weighted by Crippen LogP contribution is -2.17. The van der Waals surface area contributed by atoms with Crippen LogP contribution in [0.3, 0.4) is 0 Å². The van der Waals surface area contributed by atoms with Crippen LogP contribution in [0.25, 0.3) is 0 Å². The summed E-state index contributed by atoms with van der Waals surface area (Å²) in [6.45, 7) is 0.149. The summed E-state index contributed by atoms with van der Waals surface area (Å²) in [7, 11) is 0. The first-order chi connectivity index (χ1) is 14.3. The lowest BCUT2D eigenvalue weighted by molar-refractivity contribution is 0.0954. The molecule has 3 N–H and O–H groups in total. The topological polar surface area (TPSA) is 91.2 Å². The molecule has 30 heavy (non-hydrogen) atoms. The Morgan fingerprint density at radius 3 is 2.40 bits per heavy atom. The largest absolute Gasteiger partial charge is 0.508 e. The second kappa shape index (κ2) is 9.84. The Labute approximate surface area is 190 Å². The normalized spacial score (nSPS) is 10.9. The number of hydrogen-bond donors (Lipinski definition) is 3. The van der Waals surface area contributed by atoms with E-state index < -0.39 is 5.91 Å². The van der Waals surface area contributed by atoms with Crippen molar-refractivity contribution in [2.75, 3.05) is 0 Å². The van der Waals surface area contributed by atoms with Crippen molar-refractivity contribution in [3.63, 3.8) is 0 Å². The van der Waals surface area contributed by atoms with E-state index in [1.54, 1.807) is 36.4 Å². The van der Waals surface area contributed by atoms with Crippen LogP contribution in [-0.4, -0.2) is 22.3 Å². The van der Waals surface area contributed by atoms with Crippen LogP contribution in [0.1, 0.15) is 21.5 Å². The second-order valence-electron chi connectivity index (χ2n) is 6.11. The Bertz CT molecular complexity index is 1080. The molecule has 0 heterocycles. The van der Waals surface area contributed by atoms with Gasteiger partial charge in [0.05, 0.1) is 6.21 Å². The minimum atomic E-state index is -0.599. The molecule has 0 radical (unpaired) electrons. The molecular weight excluding hydrogens is 495 g/mol. The summed E-state index contributed by atoms with van der Waals surface area (Å²) in [6.07, 6.45) is 1.41. The molecule has 0 fully saturated rings. The average Bonchev–Trinajstić information content (AvgIpc) is 2.68. The van der Waals surface area contributed by atoms with E-state index in [1.807, 2.05) is 0 Å². The van der Waals surface area contributed by atoms with Crippen LogP contribution in [0, 0.1) is 0 Å². The van der Waals surface area contributed by atoms with E-state index in [-0.39, 0.29) is 23.7 Å². The quantitative estimate of drug-likeness (QED) is 0.302. The molecule has 0 atom stereocenters. The first-order valence-corrected chi connectivity index (χ1v) is 10.1. The molecule has 0 aromatic heterocycles. The molecule has 3 aromatic rings. The first kappa shape index (κ1) is 22.0. The predicted octanol–water partition coefficient (Wildman–Crippen LogP) is 5.51. The van der Waals surface area contributed by atoms with Crippen LogP contribution in [0.2, 0.25) is 10.0 Å². The number of amides is 1. The Hall–Kier alpha value is -2.74. The van der Waals surface area contributed by atoms with Gasteiger partial charge in [-0.1, -0.05) is 45.2 Å². The van der Waals surface area contributed by atoms with E-state index in [2.05, 4.69) is 26.5 Å². The number of rotatable bonds is 6. The number of aromatic hydroxyl groups is 2. The highest BCUT2D eigenvalue weighted by molar-refractivity contribution is 9.10. The van der Waals surface area contributed by atoms with Crippen molar-refractivity contribution in [3.8, 4) is 17.2 Å². The maximum absolute atomic E-state index is 12.2. The summed E-state index contributed by atoms with van der Waals surface area (Å²) in [6, 6.07) is 14.1. The van der Waals surface area contributed by atoms with Gasteiger partial charge in [-0.05, 0) is 42.5 Å². The molecule has 0 aliphatic rings. The third-order valence-electron chi connectivity index (χ3n) is 3.94. The Morgan fingerprint density at radius 1 is 1.07 bits per heavy atom. The molecule has 0 saturated heterocycles. The van der Waals surface area contributed by atoms with Crippen LogP contribution in [0.15, 0.2) is 64.2 Å². The number of hydrogen-bond acceptors (Lipinski definition) is 5. The van der Waals surface area contributed by atoms with Gasteiger partial charge in [0.25, 0.3) is 5.91 Å². The van der Waals surface area contributed by atoms with Crippen molar-refractivity contribution in [2.45, 2.75) is 6.61 Å². The number of phenolic OH excluding ortho intramolecular Hbond substituents is 2. The molecule has 6 nitrogen and oxygen atoms in total. The van der Waals surface area contributed by atoms with Crippen LogP contribution in [-0.2, 0) is 6.61 Å². The highest BCUT2D eigenvalue weighted by Gasteiger charge is 2.10. The molecule has 154 valence electrons. The summed E-state index contributed by atoms with van der Waals surface area (Å²) in [5.74, 6) is -0.560. The summed E-state index contributed by atoms with van der Waals surface area (Å²) < 4.78 is 6.64. The minimum absolute atomic E-state index is 0.0590. The van der Waals surface area contributed by atoms with E-state index in [4.69, 9.17) is 27.9 Å². The van der Waals surface area contributed by atoms with E-state index in [1.165, 1.54) is 18.3 Å². The van der Waals surface area contributed by atoms with Gasteiger partial charge in [-0.25, -0.2) is 5.43 Å². The zero-order chi connectivity index (χ0) is 21.7. The SMILES string of the molecule is O=C(NN=Cc1cc(Br)ccc1OCc1c(Cl)cccc1Cl)c1cc(O)cc(O)c1. The number of benzene rings is 3. The number of phenols is 2. The average molecular weight is 510 g/mol. The van der Waals surface area contributed by atoms with Gasteiger partial charge >= 0.3 is 0 Å². The van der Waals surface area contributed by atoms with Gasteiger partial charge in [-0.2, -0.15) is 5.10 Å². The molecule has 0 spiro atoms. The Morgan fingerprint density at radius 2 is 1.73 bits per heavy atom. The fraction of sp³-hybridized carbons (Fsp3) is 0.0476.